The number of nitrogens with one attached hydrogen (secondary N) is 1. The standard InChI is InChI=1S/C15H23N3O2/c1-17-15(19)14-11-20-10-9-18(14)13(7-8-16)12-5-3-2-4-6-12/h2-6,13-14H,7-11,16H2,1H3,(H,17,19). The largest absolute Gasteiger partial charge is 0.378 e. The molecule has 1 aromatic carbocycles. The van der Waals surface area contributed by atoms with Crippen molar-refractivity contribution in [3.8, 4) is 0 Å². The molecular formula is C15H23N3O2. The minimum atomic E-state index is -0.245. The van der Waals surface area contributed by atoms with Crippen molar-refractivity contribution < 1.29 is 9.53 Å². The average molecular weight is 277 g/mol. The Morgan fingerprint density at radius 2 is 2.25 bits per heavy atom. The number of hydrogen-bond acceptors (Lipinski definition) is 4. The summed E-state index contributed by atoms with van der Waals surface area (Å²) in [5.41, 5.74) is 6.97. The minimum Gasteiger partial charge on any atom is -0.378 e. The van der Waals surface area contributed by atoms with Crippen molar-refractivity contribution in [1.29, 1.82) is 0 Å². The molecule has 2 atom stereocenters. The van der Waals surface area contributed by atoms with E-state index in [2.05, 4.69) is 22.3 Å². The van der Waals surface area contributed by atoms with Gasteiger partial charge in [0.1, 0.15) is 6.04 Å². The highest BCUT2D eigenvalue weighted by atomic mass is 16.5. The van der Waals surface area contributed by atoms with Gasteiger partial charge in [0, 0.05) is 19.6 Å². The van der Waals surface area contributed by atoms with E-state index < -0.39 is 0 Å². The van der Waals surface area contributed by atoms with Crippen LogP contribution >= 0.6 is 0 Å². The van der Waals surface area contributed by atoms with E-state index in [9.17, 15) is 4.79 Å². The van der Waals surface area contributed by atoms with Gasteiger partial charge in [-0.1, -0.05) is 30.3 Å². The second-order valence-corrected chi connectivity index (χ2v) is 4.95. The highest BCUT2D eigenvalue weighted by molar-refractivity contribution is 5.81. The van der Waals surface area contributed by atoms with Crippen LogP contribution in [0.3, 0.4) is 0 Å². The maximum absolute atomic E-state index is 12.1. The van der Waals surface area contributed by atoms with Crippen LogP contribution < -0.4 is 11.1 Å². The Bertz CT molecular complexity index is 424. The number of morpholine rings is 1. The summed E-state index contributed by atoms with van der Waals surface area (Å²) in [6.07, 6.45) is 0.831. The van der Waals surface area contributed by atoms with Crippen LogP contribution in [0.4, 0.5) is 0 Å². The maximum Gasteiger partial charge on any atom is 0.239 e. The van der Waals surface area contributed by atoms with Crippen molar-refractivity contribution in [2.45, 2.75) is 18.5 Å². The number of carbonyl (C=O) groups is 1. The lowest BCUT2D eigenvalue weighted by Gasteiger charge is -2.40. The Kier molecular flexibility index (Phi) is 5.52. The van der Waals surface area contributed by atoms with Gasteiger partial charge in [0.25, 0.3) is 0 Å². The molecule has 110 valence electrons. The zero-order valence-electron chi connectivity index (χ0n) is 11.9. The van der Waals surface area contributed by atoms with Crippen LogP contribution in [0, 0.1) is 0 Å². The summed E-state index contributed by atoms with van der Waals surface area (Å²) in [4.78, 5) is 14.3. The van der Waals surface area contributed by atoms with E-state index in [1.54, 1.807) is 7.05 Å². The fraction of sp³-hybridized carbons (Fsp3) is 0.533. The van der Waals surface area contributed by atoms with Gasteiger partial charge >= 0.3 is 0 Å². The normalized spacial score (nSPS) is 21.4. The molecule has 20 heavy (non-hydrogen) atoms. The van der Waals surface area contributed by atoms with E-state index in [4.69, 9.17) is 10.5 Å². The number of rotatable bonds is 5. The Balaban J connectivity index is 2.24. The van der Waals surface area contributed by atoms with Crippen LogP contribution in [0.15, 0.2) is 30.3 Å². The quantitative estimate of drug-likeness (QED) is 0.823. The smallest absolute Gasteiger partial charge is 0.239 e. The topological polar surface area (TPSA) is 67.6 Å². The lowest BCUT2D eigenvalue weighted by molar-refractivity contribution is -0.134. The van der Waals surface area contributed by atoms with Gasteiger partial charge < -0.3 is 15.8 Å². The van der Waals surface area contributed by atoms with Crippen LogP contribution in [-0.4, -0.2) is 50.2 Å². The molecule has 2 rings (SSSR count). The van der Waals surface area contributed by atoms with Gasteiger partial charge in [0.15, 0.2) is 0 Å². The van der Waals surface area contributed by atoms with E-state index in [0.29, 0.717) is 19.8 Å². The molecule has 0 aliphatic carbocycles. The molecule has 2 unspecified atom stereocenters. The first-order valence-corrected chi connectivity index (χ1v) is 7.08. The van der Waals surface area contributed by atoms with Gasteiger partial charge in [0.05, 0.1) is 13.2 Å². The molecule has 3 N–H and O–H groups in total. The molecule has 5 nitrogen and oxygen atoms in total. The molecule has 1 aliphatic heterocycles. The highest BCUT2D eigenvalue weighted by Crippen LogP contribution is 2.27. The summed E-state index contributed by atoms with van der Waals surface area (Å²) in [7, 11) is 1.66. The third-order valence-electron chi connectivity index (χ3n) is 3.74. The predicted molar refractivity (Wildman–Crippen MR) is 78.2 cm³/mol. The summed E-state index contributed by atoms with van der Waals surface area (Å²) in [6, 6.07) is 10.1. The first-order chi connectivity index (χ1) is 9.77. The van der Waals surface area contributed by atoms with Gasteiger partial charge in [-0.2, -0.15) is 0 Å². The van der Waals surface area contributed by atoms with E-state index in [1.165, 1.54) is 5.56 Å². The molecule has 0 saturated carbocycles. The predicted octanol–water partition coefficient (Wildman–Crippen LogP) is 0.523. The number of hydrogen-bond donors (Lipinski definition) is 2. The first-order valence-electron chi connectivity index (χ1n) is 7.08. The second kappa shape index (κ2) is 7.38. The summed E-state index contributed by atoms with van der Waals surface area (Å²) in [5.74, 6) is 0.00246. The Morgan fingerprint density at radius 3 is 2.90 bits per heavy atom. The van der Waals surface area contributed by atoms with Crippen LogP contribution in [-0.2, 0) is 9.53 Å². The molecule has 1 aromatic rings. The molecule has 0 bridgehead atoms. The molecule has 1 amide bonds. The summed E-state index contributed by atoms with van der Waals surface area (Å²) < 4.78 is 5.47. The molecule has 1 aliphatic rings. The number of ether oxygens (including phenoxy) is 1. The Labute approximate surface area is 120 Å². The highest BCUT2D eigenvalue weighted by Gasteiger charge is 2.34. The number of nitrogens with zero attached hydrogens (tertiary/aromatic N) is 1. The number of nitrogens with two attached hydrogens (primary N) is 1. The van der Waals surface area contributed by atoms with E-state index in [0.717, 1.165) is 13.0 Å². The number of likely N-dealkylation sites (N-methyl/N-ethyl adjacent to an activating group) is 1. The number of carbonyl (C=O) groups excluding carboxylic acids is 1. The third-order valence-corrected chi connectivity index (χ3v) is 3.74. The lowest BCUT2D eigenvalue weighted by Crippen LogP contribution is -2.54. The third kappa shape index (κ3) is 3.36. The van der Waals surface area contributed by atoms with E-state index >= 15 is 0 Å². The van der Waals surface area contributed by atoms with Crippen molar-refractivity contribution in [3.63, 3.8) is 0 Å². The van der Waals surface area contributed by atoms with Gasteiger partial charge in [-0.15, -0.1) is 0 Å². The van der Waals surface area contributed by atoms with Gasteiger partial charge in [-0.05, 0) is 18.5 Å². The monoisotopic (exact) mass is 277 g/mol. The molecule has 1 heterocycles. The Morgan fingerprint density at radius 1 is 1.50 bits per heavy atom. The van der Waals surface area contributed by atoms with Crippen molar-refractivity contribution in [2.24, 2.45) is 5.73 Å². The van der Waals surface area contributed by atoms with Gasteiger partial charge in [0.2, 0.25) is 5.91 Å². The summed E-state index contributed by atoms with van der Waals surface area (Å²) in [6.45, 7) is 2.43. The van der Waals surface area contributed by atoms with Crippen molar-refractivity contribution in [1.82, 2.24) is 10.2 Å². The number of benzene rings is 1. The van der Waals surface area contributed by atoms with E-state index in [-0.39, 0.29) is 18.0 Å². The number of amides is 1. The van der Waals surface area contributed by atoms with Crippen molar-refractivity contribution in [2.75, 3.05) is 33.4 Å². The van der Waals surface area contributed by atoms with Gasteiger partial charge in [-0.25, -0.2) is 0 Å². The van der Waals surface area contributed by atoms with Crippen molar-refractivity contribution in [3.05, 3.63) is 35.9 Å². The zero-order valence-corrected chi connectivity index (χ0v) is 11.9. The zero-order chi connectivity index (χ0) is 14.4. The average Bonchev–Trinajstić information content (AvgIpc) is 2.53. The van der Waals surface area contributed by atoms with Crippen LogP contribution in [0.1, 0.15) is 18.0 Å². The fourth-order valence-electron chi connectivity index (χ4n) is 2.74. The fourth-order valence-corrected chi connectivity index (χ4v) is 2.74. The summed E-state index contributed by atoms with van der Waals surface area (Å²) in [5, 5.41) is 2.72. The van der Waals surface area contributed by atoms with E-state index in [1.807, 2.05) is 18.2 Å². The van der Waals surface area contributed by atoms with Crippen molar-refractivity contribution >= 4 is 5.91 Å². The molecular weight excluding hydrogens is 254 g/mol. The Hall–Kier alpha value is -1.43. The van der Waals surface area contributed by atoms with Crippen LogP contribution in [0.2, 0.25) is 0 Å². The molecule has 0 spiro atoms. The lowest BCUT2D eigenvalue weighted by atomic mass is 9.99. The first kappa shape index (κ1) is 15.0. The van der Waals surface area contributed by atoms with Crippen LogP contribution in [0.25, 0.3) is 0 Å². The summed E-state index contributed by atoms with van der Waals surface area (Å²) >= 11 is 0. The molecule has 0 aromatic heterocycles. The molecule has 5 heteroatoms. The molecule has 1 saturated heterocycles. The maximum atomic E-state index is 12.1. The van der Waals surface area contributed by atoms with Crippen LogP contribution in [0.5, 0.6) is 0 Å². The SMILES string of the molecule is CNC(=O)C1COCCN1C(CCN)c1ccccc1. The molecule has 0 radical (unpaired) electrons. The second-order valence-electron chi connectivity index (χ2n) is 4.95. The van der Waals surface area contributed by atoms with Gasteiger partial charge in [-0.3, -0.25) is 9.69 Å². The minimum absolute atomic E-state index is 0.00246. The molecule has 1 fully saturated rings.